The van der Waals surface area contributed by atoms with Crippen LogP contribution in [0.5, 0.6) is 0 Å². The molecule has 1 heterocycles. The Balaban J connectivity index is 2.49. The SMILES string of the molecule is CC1CCCC(C)N1NC#N. The topological polar surface area (TPSA) is 39.1 Å². The lowest BCUT2D eigenvalue weighted by Gasteiger charge is -2.36. The molecular weight excluding hydrogens is 138 g/mol. The zero-order valence-electron chi connectivity index (χ0n) is 7.17. The van der Waals surface area contributed by atoms with E-state index in [0.29, 0.717) is 12.1 Å². The zero-order valence-corrected chi connectivity index (χ0v) is 7.17. The summed E-state index contributed by atoms with van der Waals surface area (Å²) >= 11 is 0. The van der Waals surface area contributed by atoms with Crippen LogP contribution in [0.1, 0.15) is 33.1 Å². The van der Waals surface area contributed by atoms with Crippen molar-refractivity contribution in [2.24, 2.45) is 0 Å². The highest BCUT2D eigenvalue weighted by Crippen LogP contribution is 2.19. The average Bonchev–Trinajstić information content (AvgIpc) is 1.97. The van der Waals surface area contributed by atoms with Gasteiger partial charge in [0.1, 0.15) is 0 Å². The predicted molar refractivity (Wildman–Crippen MR) is 43.4 cm³/mol. The highest BCUT2D eigenvalue weighted by molar-refractivity contribution is 4.79. The van der Waals surface area contributed by atoms with Crippen molar-refractivity contribution in [2.75, 3.05) is 0 Å². The molecule has 3 nitrogen and oxygen atoms in total. The number of hydrazine groups is 1. The van der Waals surface area contributed by atoms with Gasteiger partial charge in [0, 0.05) is 12.1 Å². The van der Waals surface area contributed by atoms with Crippen LogP contribution in [0.25, 0.3) is 0 Å². The molecule has 0 spiro atoms. The smallest absolute Gasteiger partial charge is 0.192 e. The summed E-state index contributed by atoms with van der Waals surface area (Å²) in [5, 5.41) is 10.5. The standard InChI is InChI=1S/C8H15N3/c1-7-4-3-5-8(2)11(7)10-6-9/h7-8,10H,3-5H2,1-2H3. The molecule has 11 heavy (non-hydrogen) atoms. The third kappa shape index (κ3) is 1.84. The fourth-order valence-corrected chi connectivity index (χ4v) is 1.70. The van der Waals surface area contributed by atoms with E-state index in [-0.39, 0.29) is 0 Å². The molecule has 1 fully saturated rings. The second-order valence-electron chi connectivity index (χ2n) is 3.26. The summed E-state index contributed by atoms with van der Waals surface area (Å²) in [7, 11) is 0. The van der Waals surface area contributed by atoms with Crippen LogP contribution < -0.4 is 5.43 Å². The number of nitriles is 1. The number of hydrogen-bond acceptors (Lipinski definition) is 3. The Labute approximate surface area is 68.0 Å². The summed E-state index contributed by atoms with van der Waals surface area (Å²) in [5.41, 5.74) is 2.72. The van der Waals surface area contributed by atoms with Gasteiger partial charge in [0.25, 0.3) is 0 Å². The van der Waals surface area contributed by atoms with Crippen LogP contribution in [0.2, 0.25) is 0 Å². The Hall–Kier alpha value is -0.750. The second-order valence-corrected chi connectivity index (χ2v) is 3.26. The Morgan fingerprint density at radius 3 is 2.36 bits per heavy atom. The second kappa shape index (κ2) is 3.59. The van der Waals surface area contributed by atoms with E-state index < -0.39 is 0 Å². The van der Waals surface area contributed by atoms with Gasteiger partial charge in [-0.25, -0.2) is 5.01 Å². The van der Waals surface area contributed by atoms with Crippen molar-refractivity contribution < 1.29 is 0 Å². The van der Waals surface area contributed by atoms with Crippen LogP contribution >= 0.6 is 0 Å². The van der Waals surface area contributed by atoms with Crippen LogP contribution in [0, 0.1) is 11.5 Å². The average molecular weight is 153 g/mol. The summed E-state index contributed by atoms with van der Waals surface area (Å²) in [4.78, 5) is 0. The van der Waals surface area contributed by atoms with Crippen LogP contribution in [0.15, 0.2) is 0 Å². The van der Waals surface area contributed by atoms with Crippen molar-refractivity contribution in [3.8, 4) is 6.19 Å². The molecule has 2 atom stereocenters. The molecule has 62 valence electrons. The van der Waals surface area contributed by atoms with Crippen LogP contribution in [-0.2, 0) is 0 Å². The Morgan fingerprint density at radius 1 is 1.36 bits per heavy atom. The lowest BCUT2D eigenvalue weighted by Crippen LogP contribution is -2.50. The van der Waals surface area contributed by atoms with Gasteiger partial charge < -0.3 is 0 Å². The molecule has 1 rings (SSSR count). The van der Waals surface area contributed by atoms with Gasteiger partial charge in [0.15, 0.2) is 6.19 Å². The van der Waals surface area contributed by atoms with Crippen molar-refractivity contribution in [2.45, 2.75) is 45.2 Å². The molecule has 1 aliphatic rings. The van der Waals surface area contributed by atoms with E-state index in [2.05, 4.69) is 19.3 Å². The molecule has 0 aromatic carbocycles. The van der Waals surface area contributed by atoms with E-state index in [9.17, 15) is 0 Å². The van der Waals surface area contributed by atoms with Crippen LogP contribution in [-0.4, -0.2) is 17.1 Å². The molecule has 0 radical (unpaired) electrons. The lowest BCUT2D eigenvalue weighted by atomic mass is 10.00. The van der Waals surface area contributed by atoms with E-state index in [4.69, 9.17) is 5.26 Å². The van der Waals surface area contributed by atoms with E-state index in [1.165, 1.54) is 19.3 Å². The van der Waals surface area contributed by atoms with Crippen molar-refractivity contribution in [3.63, 3.8) is 0 Å². The van der Waals surface area contributed by atoms with Gasteiger partial charge in [-0.1, -0.05) is 6.42 Å². The number of rotatable bonds is 1. The maximum atomic E-state index is 8.45. The molecule has 2 unspecified atom stereocenters. The van der Waals surface area contributed by atoms with Gasteiger partial charge in [0.2, 0.25) is 0 Å². The first-order valence-electron chi connectivity index (χ1n) is 4.18. The number of nitrogens with zero attached hydrogens (tertiary/aromatic N) is 2. The van der Waals surface area contributed by atoms with Gasteiger partial charge in [-0.15, -0.1) is 0 Å². The zero-order chi connectivity index (χ0) is 8.27. The first kappa shape index (κ1) is 8.35. The lowest BCUT2D eigenvalue weighted by molar-refractivity contribution is 0.0689. The van der Waals surface area contributed by atoms with Crippen molar-refractivity contribution >= 4 is 0 Å². The predicted octanol–water partition coefficient (Wildman–Crippen LogP) is 1.23. The summed E-state index contributed by atoms with van der Waals surface area (Å²) in [6.07, 6.45) is 5.64. The highest BCUT2D eigenvalue weighted by atomic mass is 15.5. The fourth-order valence-electron chi connectivity index (χ4n) is 1.70. The summed E-state index contributed by atoms with van der Waals surface area (Å²) < 4.78 is 0. The number of hydrogen-bond donors (Lipinski definition) is 1. The van der Waals surface area contributed by atoms with E-state index in [0.717, 1.165) is 0 Å². The van der Waals surface area contributed by atoms with E-state index in [1.807, 2.05) is 11.2 Å². The third-order valence-corrected chi connectivity index (χ3v) is 2.37. The first-order chi connectivity index (χ1) is 5.25. The Kier molecular flexibility index (Phi) is 2.72. The largest absolute Gasteiger partial charge is 0.255 e. The Morgan fingerprint density at radius 2 is 1.91 bits per heavy atom. The summed E-state index contributed by atoms with van der Waals surface area (Å²) in [5.74, 6) is 0. The molecule has 0 aromatic heterocycles. The monoisotopic (exact) mass is 153 g/mol. The van der Waals surface area contributed by atoms with Crippen LogP contribution in [0.4, 0.5) is 0 Å². The Bertz CT molecular complexity index is 151. The summed E-state index contributed by atoms with van der Waals surface area (Å²) in [6.45, 7) is 4.31. The van der Waals surface area contributed by atoms with Crippen molar-refractivity contribution in [1.82, 2.24) is 10.4 Å². The minimum atomic E-state index is 0.499. The van der Waals surface area contributed by atoms with Crippen molar-refractivity contribution in [1.29, 1.82) is 5.26 Å². The molecule has 1 aliphatic heterocycles. The molecule has 1 N–H and O–H groups in total. The molecule has 3 heteroatoms. The molecule has 0 amide bonds. The van der Waals surface area contributed by atoms with Gasteiger partial charge in [-0.05, 0) is 26.7 Å². The molecule has 0 aromatic rings. The minimum absolute atomic E-state index is 0.499. The number of nitrogens with one attached hydrogen (secondary N) is 1. The quantitative estimate of drug-likeness (QED) is 0.455. The molecule has 0 bridgehead atoms. The molecular formula is C8H15N3. The maximum absolute atomic E-state index is 8.45. The first-order valence-corrected chi connectivity index (χ1v) is 4.18. The summed E-state index contributed by atoms with van der Waals surface area (Å²) in [6, 6.07) is 0.997. The van der Waals surface area contributed by atoms with E-state index in [1.54, 1.807) is 0 Å². The van der Waals surface area contributed by atoms with Gasteiger partial charge >= 0.3 is 0 Å². The molecule has 1 saturated heterocycles. The molecule has 0 aliphatic carbocycles. The number of piperidine rings is 1. The van der Waals surface area contributed by atoms with Gasteiger partial charge in [-0.3, -0.25) is 5.43 Å². The third-order valence-electron chi connectivity index (χ3n) is 2.37. The van der Waals surface area contributed by atoms with Gasteiger partial charge in [0.05, 0.1) is 0 Å². The van der Waals surface area contributed by atoms with Gasteiger partial charge in [-0.2, -0.15) is 5.26 Å². The molecule has 0 saturated carbocycles. The minimum Gasteiger partial charge on any atom is -0.255 e. The van der Waals surface area contributed by atoms with Crippen molar-refractivity contribution in [3.05, 3.63) is 0 Å². The normalized spacial score (nSPS) is 32.8. The van der Waals surface area contributed by atoms with Crippen LogP contribution in [0.3, 0.4) is 0 Å². The van der Waals surface area contributed by atoms with E-state index >= 15 is 0 Å². The maximum Gasteiger partial charge on any atom is 0.192 e. The fraction of sp³-hybridized carbons (Fsp3) is 0.875. The highest BCUT2D eigenvalue weighted by Gasteiger charge is 2.23.